The maximum Gasteiger partial charge on any atom is 0.312 e. The molecule has 5 N–H and O–H groups in total. The predicted octanol–water partition coefficient (Wildman–Crippen LogP) is 0.768. The van der Waals surface area contributed by atoms with Gasteiger partial charge in [0.2, 0.25) is 11.8 Å². The first kappa shape index (κ1) is 28.6. The van der Waals surface area contributed by atoms with Crippen LogP contribution in [0.4, 0.5) is 4.79 Å². The van der Waals surface area contributed by atoms with Gasteiger partial charge in [0.1, 0.15) is 6.04 Å². The minimum Gasteiger partial charge on any atom is -0.352 e. The highest BCUT2D eigenvalue weighted by atomic mass is 32.2. The van der Waals surface area contributed by atoms with Gasteiger partial charge in [0.05, 0.1) is 11.8 Å². The van der Waals surface area contributed by atoms with E-state index in [1.54, 1.807) is 13.8 Å². The zero-order valence-corrected chi connectivity index (χ0v) is 19.4. The van der Waals surface area contributed by atoms with Crippen molar-refractivity contribution in [1.29, 1.82) is 0 Å². The highest BCUT2D eigenvalue weighted by molar-refractivity contribution is 7.94. The highest BCUT2D eigenvalue weighted by Gasteiger charge is 2.27. The zero-order chi connectivity index (χ0) is 24.0. The van der Waals surface area contributed by atoms with Gasteiger partial charge >= 0.3 is 6.03 Å². The second-order valence-electron chi connectivity index (χ2n) is 7.74. The van der Waals surface area contributed by atoms with Crippen molar-refractivity contribution < 1.29 is 27.6 Å². The van der Waals surface area contributed by atoms with Crippen molar-refractivity contribution in [2.45, 2.75) is 71.4 Å². The number of unbranched alkanes of at least 4 members (excludes halogenated alkanes) is 2. The molecule has 0 fully saturated rings. The maximum atomic E-state index is 12.7. The number of nitrogens with two attached hydrogens (primary N) is 1. The summed E-state index contributed by atoms with van der Waals surface area (Å²) in [5, 5.41) is 8.70. The molecular weight excluding hydrogens is 424 g/mol. The Morgan fingerprint density at radius 2 is 1.68 bits per heavy atom. The Balaban J connectivity index is 4.60. The van der Waals surface area contributed by atoms with Crippen LogP contribution in [0.2, 0.25) is 0 Å². The highest BCUT2D eigenvalue weighted by Crippen LogP contribution is 2.08. The van der Waals surface area contributed by atoms with Crippen LogP contribution >= 0.6 is 0 Å². The predicted molar refractivity (Wildman–Crippen MR) is 119 cm³/mol. The monoisotopic (exact) mass is 460 g/mol. The fourth-order valence-corrected chi connectivity index (χ4v) is 3.56. The lowest BCUT2D eigenvalue weighted by molar-refractivity contribution is -0.132. The minimum atomic E-state index is -3.24. The molecule has 0 spiro atoms. The molecule has 0 aliphatic carbocycles. The van der Waals surface area contributed by atoms with Crippen LogP contribution in [0.15, 0.2) is 12.0 Å². The van der Waals surface area contributed by atoms with E-state index in [9.17, 15) is 27.6 Å². The molecule has 0 aromatic heterocycles. The van der Waals surface area contributed by atoms with E-state index < -0.39 is 33.9 Å². The Hall–Kier alpha value is -2.43. The van der Waals surface area contributed by atoms with Crippen LogP contribution in [0.1, 0.15) is 59.3 Å². The number of Topliss-reactive ketones (excluding diaryl/α,β-unsaturated/α-hetero) is 1. The average molecular weight is 461 g/mol. The van der Waals surface area contributed by atoms with Crippen molar-refractivity contribution in [3.63, 3.8) is 0 Å². The number of amides is 4. The SMILES string of the molecule is C=CS(=O)(=O)CCCCCC(=O)NC(C(=O)NC(CCCNC(N)=O)C(C)=O)C(C)C. The van der Waals surface area contributed by atoms with E-state index in [1.807, 2.05) is 0 Å². The van der Waals surface area contributed by atoms with Crippen molar-refractivity contribution in [3.8, 4) is 0 Å². The molecule has 10 nitrogen and oxygen atoms in total. The zero-order valence-electron chi connectivity index (χ0n) is 18.6. The third-order valence-electron chi connectivity index (χ3n) is 4.63. The van der Waals surface area contributed by atoms with Gasteiger partial charge in [-0.15, -0.1) is 0 Å². The smallest absolute Gasteiger partial charge is 0.312 e. The summed E-state index contributed by atoms with van der Waals surface area (Å²) in [5.41, 5.74) is 4.99. The van der Waals surface area contributed by atoms with Gasteiger partial charge in [0.15, 0.2) is 15.6 Å². The first-order valence-corrected chi connectivity index (χ1v) is 12.1. The van der Waals surface area contributed by atoms with Gasteiger partial charge in [0, 0.05) is 18.4 Å². The van der Waals surface area contributed by atoms with Crippen LogP contribution in [0.25, 0.3) is 0 Å². The summed E-state index contributed by atoms with van der Waals surface area (Å²) in [7, 11) is -3.24. The molecule has 0 aromatic rings. The summed E-state index contributed by atoms with van der Waals surface area (Å²) < 4.78 is 22.7. The Kier molecular flexibility index (Phi) is 13.4. The fraction of sp³-hybridized carbons (Fsp3) is 0.700. The molecule has 0 heterocycles. The molecule has 4 amide bonds. The van der Waals surface area contributed by atoms with E-state index in [4.69, 9.17) is 5.73 Å². The second kappa shape index (κ2) is 14.6. The van der Waals surface area contributed by atoms with Crippen molar-refractivity contribution in [3.05, 3.63) is 12.0 Å². The van der Waals surface area contributed by atoms with Gasteiger partial charge < -0.3 is 21.7 Å². The van der Waals surface area contributed by atoms with E-state index in [-0.39, 0.29) is 36.3 Å². The van der Waals surface area contributed by atoms with Gasteiger partial charge in [-0.25, -0.2) is 13.2 Å². The summed E-state index contributed by atoms with van der Waals surface area (Å²) in [6.45, 7) is 8.46. The molecule has 11 heteroatoms. The molecule has 0 saturated heterocycles. The number of rotatable bonds is 16. The Morgan fingerprint density at radius 3 is 2.19 bits per heavy atom. The molecule has 2 atom stereocenters. The van der Waals surface area contributed by atoms with Gasteiger partial charge in [-0.2, -0.15) is 0 Å². The summed E-state index contributed by atoms with van der Waals surface area (Å²) in [6, 6.07) is -2.19. The second-order valence-corrected chi connectivity index (χ2v) is 9.81. The number of hydrogen-bond acceptors (Lipinski definition) is 6. The van der Waals surface area contributed by atoms with Gasteiger partial charge in [0.25, 0.3) is 0 Å². The summed E-state index contributed by atoms with van der Waals surface area (Å²) in [6.07, 6.45) is 2.43. The van der Waals surface area contributed by atoms with E-state index in [2.05, 4.69) is 22.5 Å². The standard InChI is InChI=1S/C20H36N4O6S/c1-5-31(29,30)13-8-6-7-11-17(26)24-18(14(2)3)19(27)23-16(15(4)25)10-9-12-22-20(21)28/h5,14,16,18H,1,6-13H2,2-4H3,(H,23,27)(H,24,26)(H3,21,22,28). The quantitative estimate of drug-likeness (QED) is 0.248. The van der Waals surface area contributed by atoms with Crippen molar-refractivity contribution in [1.82, 2.24) is 16.0 Å². The van der Waals surface area contributed by atoms with E-state index >= 15 is 0 Å². The fourth-order valence-electron chi connectivity index (χ4n) is 2.79. The maximum absolute atomic E-state index is 12.7. The number of urea groups is 1. The molecule has 178 valence electrons. The number of nitrogens with one attached hydrogen (secondary N) is 3. The summed E-state index contributed by atoms with van der Waals surface area (Å²) in [4.78, 5) is 47.4. The number of ketones is 1. The molecule has 0 aliphatic rings. The number of hydrogen-bond donors (Lipinski definition) is 4. The number of carbonyl (C=O) groups excluding carboxylic acids is 4. The van der Waals surface area contributed by atoms with Crippen LogP contribution in [0.5, 0.6) is 0 Å². The first-order valence-electron chi connectivity index (χ1n) is 10.4. The number of primary amides is 1. The third kappa shape index (κ3) is 13.5. The van der Waals surface area contributed by atoms with Crippen LogP contribution in [-0.2, 0) is 24.2 Å². The van der Waals surface area contributed by atoms with Gasteiger partial charge in [-0.05, 0) is 38.5 Å². The van der Waals surface area contributed by atoms with Crippen molar-refractivity contribution in [2.24, 2.45) is 11.7 Å². The summed E-state index contributed by atoms with van der Waals surface area (Å²) in [5.74, 6) is -1.20. The lowest BCUT2D eigenvalue weighted by Gasteiger charge is -2.24. The lowest BCUT2D eigenvalue weighted by atomic mass is 10.0. The molecule has 0 aromatic carbocycles. The third-order valence-corrected chi connectivity index (χ3v) is 5.99. The van der Waals surface area contributed by atoms with E-state index in [0.717, 1.165) is 5.41 Å². The molecule has 2 unspecified atom stereocenters. The molecule has 0 saturated carbocycles. The number of sulfone groups is 1. The van der Waals surface area contributed by atoms with Crippen molar-refractivity contribution in [2.75, 3.05) is 12.3 Å². The van der Waals surface area contributed by atoms with E-state index in [0.29, 0.717) is 32.1 Å². The van der Waals surface area contributed by atoms with E-state index in [1.165, 1.54) is 6.92 Å². The summed E-state index contributed by atoms with van der Waals surface area (Å²) >= 11 is 0. The van der Waals surface area contributed by atoms with Crippen LogP contribution < -0.4 is 21.7 Å². The van der Waals surface area contributed by atoms with Gasteiger partial charge in [-0.3, -0.25) is 14.4 Å². The normalized spacial score (nSPS) is 13.2. The molecule has 0 aliphatic heterocycles. The Labute approximate surface area is 184 Å². The largest absolute Gasteiger partial charge is 0.352 e. The molecule has 0 radical (unpaired) electrons. The Morgan fingerprint density at radius 1 is 1.03 bits per heavy atom. The molecule has 0 bridgehead atoms. The lowest BCUT2D eigenvalue weighted by Crippen LogP contribution is -2.53. The Bertz CT molecular complexity index is 736. The minimum absolute atomic E-state index is 0.00343. The van der Waals surface area contributed by atoms with Crippen LogP contribution in [0.3, 0.4) is 0 Å². The van der Waals surface area contributed by atoms with Crippen molar-refractivity contribution >= 4 is 33.5 Å². The van der Waals surface area contributed by atoms with Crippen LogP contribution in [0, 0.1) is 5.92 Å². The molecular formula is C20H36N4O6S. The van der Waals surface area contributed by atoms with Gasteiger partial charge in [-0.1, -0.05) is 26.8 Å². The molecule has 31 heavy (non-hydrogen) atoms. The topological polar surface area (TPSA) is 165 Å². The number of carbonyl (C=O) groups is 4. The molecule has 0 rings (SSSR count). The first-order chi connectivity index (χ1) is 14.4. The van der Waals surface area contributed by atoms with Crippen LogP contribution in [-0.4, -0.2) is 56.4 Å². The average Bonchev–Trinajstić information content (AvgIpc) is 2.67.